The standard InChI is InChI=1S/C24H16N6OS/c1-15-4-2-7-23(27-15)30-21(17-8-9-19-22(11-17)32-14-26-19)12-20(29-30)24(31)28-18-6-3-5-16(10-18)13-25/h2-12,14H,1H3,(H,28,31). The van der Waals surface area contributed by atoms with Crippen LogP contribution in [-0.2, 0) is 0 Å². The van der Waals surface area contributed by atoms with Gasteiger partial charge in [-0.3, -0.25) is 4.79 Å². The van der Waals surface area contributed by atoms with Gasteiger partial charge in [0, 0.05) is 16.9 Å². The third kappa shape index (κ3) is 3.73. The molecule has 0 atom stereocenters. The van der Waals surface area contributed by atoms with Crippen LogP contribution in [0.2, 0.25) is 0 Å². The highest BCUT2D eigenvalue weighted by Gasteiger charge is 2.18. The molecule has 0 spiro atoms. The number of anilines is 1. The van der Waals surface area contributed by atoms with Crippen molar-refractivity contribution in [3.8, 4) is 23.1 Å². The minimum Gasteiger partial charge on any atom is -0.321 e. The van der Waals surface area contributed by atoms with Crippen LogP contribution >= 0.6 is 11.3 Å². The molecule has 7 nitrogen and oxygen atoms in total. The average Bonchev–Trinajstić information content (AvgIpc) is 3.46. The van der Waals surface area contributed by atoms with Gasteiger partial charge in [-0.1, -0.05) is 18.2 Å². The maximum atomic E-state index is 13.0. The number of benzene rings is 2. The third-order valence-electron chi connectivity index (χ3n) is 4.91. The maximum absolute atomic E-state index is 13.0. The van der Waals surface area contributed by atoms with Crippen molar-refractivity contribution in [3.05, 3.63) is 89.2 Å². The lowest BCUT2D eigenvalue weighted by Gasteiger charge is -2.07. The molecule has 0 aliphatic carbocycles. The fraction of sp³-hybridized carbons (Fsp3) is 0.0417. The molecule has 3 aromatic heterocycles. The Morgan fingerprint density at radius 1 is 1.09 bits per heavy atom. The summed E-state index contributed by atoms with van der Waals surface area (Å²) in [6, 6.07) is 22.2. The van der Waals surface area contributed by atoms with Gasteiger partial charge in [0.15, 0.2) is 11.5 Å². The zero-order valence-electron chi connectivity index (χ0n) is 17.0. The van der Waals surface area contributed by atoms with Crippen molar-refractivity contribution in [3.63, 3.8) is 0 Å². The van der Waals surface area contributed by atoms with Crippen LogP contribution in [0.1, 0.15) is 21.7 Å². The highest BCUT2D eigenvalue weighted by Crippen LogP contribution is 2.28. The minimum absolute atomic E-state index is 0.245. The molecule has 154 valence electrons. The van der Waals surface area contributed by atoms with E-state index in [2.05, 4.69) is 26.5 Å². The summed E-state index contributed by atoms with van der Waals surface area (Å²) in [6.45, 7) is 1.91. The zero-order valence-corrected chi connectivity index (χ0v) is 17.8. The van der Waals surface area contributed by atoms with Crippen molar-refractivity contribution in [1.29, 1.82) is 5.26 Å². The van der Waals surface area contributed by atoms with E-state index in [-0.39, 0.29) is 11.6 Å². The number of hydrogen-bond donors (Lipinski definition) is 1. The van der Waals surface area contributed by atoms with Crippen molar-refractivity contribution in [2.45, 2.75) is 6.92 Å². The van der Waals surface area contributed by atoms with Gasteiger partial charge in [-0.2, -0.15) is 10.4 Å². The van der Waals surface area contributed by atoms with E-state index in [0.717, 1.165) is 27.2 Å². The van der Waals surface area contributed by atoms with Gasteiger partial charge >= 0.3 is 0 Å². The van der Waals surface area contributed by atoms with Gasteiger partial charge in [0.05, 0.1) is 33.1 Å². The number of hydrogen-bond acceptors (Lipinski definition) is 6. The summed E-state index contributed by atoms with van der Waals surface area (Å²) in [4.78, 5) is 21.9. The first-order valence-corrected chi connectivity index (χ1v) is 10.7. The second kappa shape index (κ2) is 8.06. The molecule has 0 saturated carbocycles. The van der Waals surface area contributed by atoms with Gasteiger partial charge in [0.25, 0.3) is 5.91 Å². The Morgan fingerprint density at radius 2 is 1.97 bits per heavy atom. The van der Waals surface area contributed by atoms with Crippen molar-refractivity contribution in [2.24, 2.45) is 0 Å². The highest BCUT2D eigenvalue weighted by atomic mass is 32.1. The van der Waals surface area contributed by atoms with Crippen LogP contribution in [0.5, 0.6) is 0 Å². The van der Waals surface area contributed by atoms with Gasteiger partial charge in [-0.05, 0) is 55.5 Å². The molecule has 0 aliphatic heterocycles. The first-order chi connectivity index (χ1) is 15.6. The van der Waals surface area contributed by atoms with Crippen molar-refractivity contribution < 1.29 is 4.79 Å². The Balaban J connectivity index is 1.59. The van der Waals surface area contributed by atoms with Crippen LogP contribution in [0.25, 0.3) is 27.3 Å². The quantitative estimate of drug-likeness (QED) is 0.429. The van der Waals surface area contributed by atoms with E-state index in [4.69, 9.17) is 5.26 Å². The molecule has 1 N–H and O–H groups in total. The molecular formula is C24H16N6OS. The molecule has 0 saturated heterocycles. The lowest BCUT2D eigenvalue weighted by molar-refractivity contribution is 0.102. The number of rotatable bonds is 4. The first-order valence-electron chi connectivity index (χ1n) is 9.80. The molecule has 5 aromatic rings. The second-order valence-electron chi connectivity index (χ2n) is 7.15. The number of nitriles is 1. The molecule has 1 amide bonds. The highest BCUT2D eigenvalue weighted by molar-refractivity contribution is 7.16. The van der Waals surface area contributed by atoms with E-state index >= 15 is 0 Å². The number of carbonyl (C=O) groups excluding carboxylic acids is 1. The van der Waals surface area contributed by atoms with Gasteiger partial charge in [0.2, 0.25) is 0 Å². The van der Waals surface area contributed by atoms with E-state index in [9.17, 15) is 4.79 Å². The maximum Gasteiger partial charge on any atom is 0.276 e. The Labute approximate surface area is 187 Å². The average molecular weight is 437 g/mol. The molecule has 0 aliphatic rings. The number of pyridine rings is 1. The molecule has 0 fully saturated rings. The normalized spacial score (nSPS) is 10.8. The monoisotopic (exact) mass is 436 g/mol. The Morgan fingerprint density at radius 3 is 2.81 bits per heavy atom. The molecule has 3 heterocycles. The summed E-state index contributed by atoms with van der Waals surface area (Å²) >= 11 is 1.56. The van der Waals surface area contributed by atoms with Gasteiger partial charge in [-0.15, -0.1) is 11.3 Å². The molecule has 2 aromatic carbocycles. The molecule has 0 bridgehead atoms. The van der Waals surface area contributed by atoms with Gasteiger partial charge in [0.1, 0.15) is 0 Å². The SMILES string of the molecule is Cc1cccc(-n2nc(C(=O)Nc3cccc(C#N)c3)cc2-c2ccc3ncsc3c2)n1. The predicted molar refractivity (Wildman–Crippen MR) is 124 cm³/mol. The first kappa shape index (κ1) is 19.6. The summed E-state index contributed by atoms with van der Waals surface area (Å²) in [5.74, 6) is 0.251. The molecule has 5 rings (SSSR count). The van der Waals surface area contributed by atoms with Gasteiger partial charge < -0.3 is 5.32 Å². The van der Waals surface area contributed by atoms with Crippen LogP contribution in [0.4, 0.5) is 5.69 Å². The molecule has 32 heavy (non-hydrogen) atoms. The number of amides is 1. The smallest absolute Gasteiger partial charge is 0.276 e. The summed E-state index contributed by atoms with van der Waals surface area (Å²) in [5, 5.41) is 16.5. The van der Waals surface area contributed by atoms with Crippen LogP contribution in [0, 0.1) is 18.3 Å². The Hall–Kier alpha value is -4.35. The summed E-state index contributed by atoms with van der Waals surface area (Å²) in [5.41, 5.74) is 6.48. The van der Waals surface area contributed by atoms with Crippen LogP contribution < -0.4 is 5.32 Å². The Bertz CT molecular complexity index is 1510. The van der Waals surface area contributed by atoms with Crippen LogP contribution in [0.15, 0.2) is 72.2 Å². The predicted octanol–water partition coefficient (Wildman–Crippen LogP) is 4.98. The topological polar surface area (TPSA) is 96.5 Å². The van der Waals surface area contributed by atoms with Crippen LogP contribution in [-0.4, -0.2) is 25.7 Å². The van der Waals surface area contributed by atoms with Crippen molar-refractivity contribution >= 4 is 33.1 Å². The number of thiazole rings is 1. The number of fused-ring (bicyclic) bond motifs is 1. The molecular weight excluding hydrogens is 420 g/mol. The molecule has 8 heteroatoms. The molecule has 0 radical (unpaired) electrons. The lowest BCUT2D eigenvalue weighted by atomic mass is 10.1. The Kier molecular flexibility index (Phi) is 4.94. The van der Waals surface area contributed by atoms with E-state index in [1.807, 2.05) is 48.8 Å². The fourth-order valence-electron chi connectivity index (χ4n) is 3.39. The number of nitrogens with one attached hydrogen (secondary N) is 1. The van der Waals surface area contributed by atoms with E-state index in [1.165, 1.54) is 0 Å². The van der Waals surface area contributed by atoms with Crippen molar-refractivity contribution in [2.75, 3.05) is 5.32 Å². The lowest BCUT2D eigenvalue weighted by Crippen LogP contribution is -2.13. The largest absolute Gasteiger partial charge is 0.321 e. The number of aromatic nitrogens is 4. The van der Waals surface area contributed by atoms with Crippen molar-refractivity contribution in [1.82, 2.24) is 19.7 Å². The van der Waals surface area contributed by atoms with Gasteiger partial charge in [-0.25, -0.2) is 14.6 Å². The van der Waals surface area contributed by atoms with E-state index in [1.54, 1.807) is 46.4 Å². The zero-order chi connectivity index (χ0) is 22.1. The summed E-state index contributed by atoms with van der Waals surface area (Å²) in [6.07, 6.45) is 0. The number of nitrogens with zero attached hydrogens (tertiary/aromatic N) is 5. The third-order valence-corrected chi connectivity index (χ3v) is 5.70. The molecule has 0 unspecified atom stereocenters. The number of carbonyl (C=O) groups is 1. The summed E-state index contributed by atoms with van der Waals surface area (Å²) in [7, 11) is 0. The second-order valence-corrected chi connectivity index (χ2v) is 8.03. The van der Waals surface area contributed by atoms with E-state index in [0.29, 0.717) is 17.1 Å². The van der Waals surface area contributed by atoms with E-state index < -0.39 is 0 Å². The number of aryl methyl sites for hydroxylation is 1. The minimum atomic E-state index is -0.369. The van der Waals surface area contributed by atoms with Crippen LogP contribution in [0.3, 0.4) is 0 Å². The summed E-state index contributed by atoms with van der Waals surface area (Å²) < 4.78 is 2.72. The fourth-order valence-corrected chi connectivity index (χ4v) is 4.11.